The summed E-state index contributed by atoms with van der Waals surface area (Å²) in [5.74, 6) is 0.725. The van der Waals surface area contributed by atoms with Crippen LogP contribution in [0, 0.1) is 5.92 Å². The van der Waals surface area contributed by atoms with E-state index in [2.05, 4.69) is 19.2 Å². The number of rotatable bonds is 11. The molecule has 1 aromatic carbocycles. The first kappa shape index (κ1) is 22.7. The van der Waals surface area contributed by atoms with Gasteiger partial charge in [-0.05, 0) is 50.8 Å². The molecule has 0 bridgehead atoms. The predicted octanol–water partition coefficient (Wildman–Crippen LogP) is 4.92. The highest BCUT2D eigenvalue weighted by Crippen LogP contribution is 2.30. The molecule has 0 aliphatic carbocycles. The van der Waals surface area contributed by atoms with Gasteiger partial charge in [0.1, 0.15) is 17.5 Å². The smallest absolute Gasteiger partial charge is 0.256 e. The summed E-state index contributed by atoms with van der Waals surface area (Å²) in [5, 5.41) is 3.35. The number of ether oxygens (including phenoxy) is 3. The van der Waals surface area contributed by atoms with Crippen molar-refractivity contribution in [3.63, 3.8) is 0 Å². The first-order chi connectivity index (χ1) is 12.2. The highest BCUT2D eigenvalue weighted by molar-refractivity contribution is 6.32. The Morgan fingerprint density at radius 1 is 1.31 bits per heavy atom. The molecule has 0 unspecified atom stereocenters. The van der Waals surface area contributed by atoms with Gasteiger partial charge in [-0.15, -0.1) is 0 Å². The van der Waals surface area contributed by atoms with Crippen molar-refractivity contribution in [1.82, 2.24) is 0 Å². The Morgan fingerprint density at radius 3 is 2.54 bits per heavy atom. The minimum atomic E-state index is -0.876. The molecule has 5 nitrogen and oxygen atoms in total. The summed E-state index contributed by atoms with van der Waals surface area (Å²) in [7, 11) is 1.62. The molecule has 0 aromatic heterocycles. The number of hydrogen-bond acceptors (Lipinski definition) is 4. The molecule has 0 spiro atoms. The Hall–Kier alpha value is -1.30. The number of anilines is 1. The normalized spacial score (nSPS) is 14.8. The zero-order chi connectivity index (χ0) is 19.7. The van der Waals surface area contributed by atoms with E-state index in [1.54, 1.807) is 25.3 Å². The fourth-order valence-electron chi connectivity index (χ4n) is 2.75. The maximum Gasteiger partial charge on any atom is 0.256 e. The topological polar surface area (TPSA) is 56.8 Å². The fraction of sp³-hybridized carbons (Fsp3) is 0.650. The van der Waals surface area contributed by atoms with E-state index in [4.69, 9.17) is 25.8 Å². The molecule has 6 heteroatoms. The van der Waals surface area contributed by atoms with Gasteiger partial charge >= 0.3 is 0 Å². The van der Waals surface area contributed by atoms with Gasteiger partial charge in [-0.25, -0.2) is 0 Å². The van der Waals surface area contributed by atoms with Crippen molar-refractivity contribution >= 4 is 23.2 Å². The summed E-state index contributed by atoms with van der Waals surface area (Å²) in [5.41, 5.74) is -0.263. The molecule has 148 valence electrons. The van der Waals surface area contributed by atoms with E-state index in [0.717, 1.165) is 6.42 Å². The molecular weight excluding hydrogens is 354 g/mol. The van der Waals surface area contributed by atoms with Crippen molar-refractivity contribution in [3.05, 3.63) is 23.2 Å². The molecule has 1 aromatic rings. The Labute approximate surface area is 162 Å². The molecule has 0 aliphatic heterocycles. The SMILES string of the molecule is CCCO[C@](C)(CC(C)C)C(=O)Nc1ccc(O[C@@H](C)COC)c(Cl)c1. The van der Waals surface area contributed by atoms with Crippen LogP contribution in [-0.4, -0.2) is 37.9 Å². The van der Waals surface area contributed by atoms with Crippen LogP contribution in [0.3, 0.4) is 0 Å². The number of nitrogens with one attached hydrogen (secondary N) is 1. The van der Waals surface area contributed by atoms with Crippen LogP contribution in [0.5, 0.6) is 5.75 Å². The van der Waals surface area contributed by atoms with E-state index in [1.807, 2.05) is 20.8 Å². The minimum Gasteiger partial charge on any atom is -0.487 e. The second kappa shape index (κ2) is 10.8. The lowest BCUT2D eigenvalue weighted by atomic mass is 9.93. The van der Waals surface area contributed by atoms with Gasteiger partial charge in [0.2, 0.25) is 0 Å². The van der Waals surface area contributed by atoms with Gasteiger partial charge in [-0.2, -0.15) is 0 Å². The maximum absolute atomic E-state index is 12.8. The number of carbonyl (C=O) groups is 1. The summed E-state index contributed by atoms with van der Waals surface area (Å²) in [6.45, 7) is 10.9. The Morgan fingerprint density at radius 2 is 2.00 bits per heavy atom. The van der Waals surface area contributed by atoms with Crippen LogP contribution in [0.4, 0.5) is 5.69 Å². The first-order valence-electron chi connectivity index (χ1n) is 9.12. The van der Waals surface area contributed by atoms with Crippen LogP contribution in [-0.2, 0) is 14.3 Å². The van der Waals surface area contributed by atoms with Gasteiger partial charge in [0, 0.05) is 19.4 Å². The summed E-state index contributed by atoms with van der Waals surface area (Å²) in [4.78, 5) is 12.8. The summed E-state index contributed by atoms with van der Waals surface area (Å²) in [6.07, 6.45) is 1.38. The standard InChI is InChI=1S/C20H32ClNO4/c1-7-10-25-20(5,12-14(2)3)19(23)22-16-8-9-18(17(21)11-16)26-15(4)13-24-6/h8-9,11,14-15H,7,10,12-13H2,1-6H3,(H,22,23)/t15-,20+/m0/s1. The van der Waals surface area contributed by atoms with Gasteiger partial charge in [0.15, 0.2) is 0 Å². The first-order valence-corrected chi connectivity index (χ1v) is 9.50. The third kappa shape index (κ3) is 7.14. The monoisotopic (exact) mass is 385 g/mol. The zero-order valence-corrected chi connectivity index (χ0v) is 17.5. The van der Waals surface area contributed by atoms with Gasteiger partial charge in [-0.3, -0.25) is 4.79 Å². The van der Waals surface area contributed by atoms with E-state index in [1.165, 1.54) is 0 Å². The molecule has 1 N–H and O–H groups in total. The lowest BCUT2D eigenvalue weighted by Gasteiger charge is -2.30. The van der Waals surface area contributed by atoms with E-state index in [-0.39, 0.29) is 12.0 Å². The third-order valence-electron chi connectivity index (χ3n) is 3.82. The van der Waals surface area contributed by atoms with Crippen molar-refractivity contribution in [2.45, 2.75) is 59.2 Å². The van der Waals surface area contributed by atoms with Gasteiger partial charge in [0.05, 0.1) is 11.6 Å². The number of hydrogen-bond donors (Lipinski definition) is 1. The molecule has 0 fully saturated rings. The van der Waals surface area contributed by atoms with Gasteiger partial charge < -0.3 is 19.5 Å². The molecule has 0 saturated carbocycles. The largest absolute Gasteiger partial charge is 0.487 e. The minimum absolute atomic E-state index is 0.116. The number of carbonyl (C=O) groups excluding carboxylic acids is 1. The highest BCUT2D eigenvalue weighted by Gasteiger charge is 2.35. The summed E-state index contributed by atoms with van der Waals surface area (Å²) < 4.78 is 16.7. The Balaban J connectivity index is 2.85. The highest BCUT2D eigenvalue weighted by atomic mass is 35.5. The number of amides is 1. The van der Waals surface area contributed by atoms with E-state index < -0.39 is 5.60 Å². The van der Waals surface area contributed by atoms with Crippen LogP contribution in [0.25, 0.3) is 0 Å². The lowest BCUT2D eigenvalue weighted by molar-refractivity contribution is -0.141. The van der Waals surface area contributed by atoms with Crippen LogP contribution >= 0.6 is 11.6 Å². The maximum atomic E-state index is 12.8. The van der Waals surface area contributed by atoms with Crippen molar-refractivity contribution < 1.29 is 19.0 Å². The van der Waals surface area contributed by atoms with Crippen molar-refractivity contribution in [3.8, 4) is 5.75 Å². The number of benzene rings is 1. The average Bonchev–Trinajstić information content (AvgIpc) is 2.55. The predicted molar refractivity (Wildman–Crippen MR) is 106 cm³/mol. The number of halogens is 1. The second-order valence-corrected chi connectivity index (χ2v) is 7.57. The third-order valence-corrected chi connectivity index (χ3v) is 4.12. The molecule has 0 radical (unpaired) electrons. The Kier molecular flexibility index (Phi) is 9.41. The molecular formula is C20H32ClNO4. The average molecular weight is 386 g/mol. The van der Waals surface area contributed by atoms with Crippen molar-refractivity contribution in [2.75, 3.05) is 25.6 Å². The molecule has 0 aliphatic rings. The quantitative estimate of drug-likeness (QED) is 0.587. The molecule has 26 heavy (non-hydrogen) atoms. The van der Waals surface area contributed by atoms with Crippen LogP contribution in [0.1, 0.15) is 47.5 Å². The van der Waals surface area contributed by atoms with Crippen LogP contribution in [0.2, 0.25) is 5.02 Å². The van der Waals surface area contributed by atoms with Gasteiger partial charge in [0.25, 0.3) is 5.91 Å². The van der Waals surface area contributed by atoms with Gasteiger partial charge in [-0.1, -0.05) is 32.4 Å². The molecule has 0 heterocycles. The lowest BCUT2D eigenvalue weighted by Crippen LogP contribution is -2.44. The van der Waals surface area contributed by atoms with Crippen LogP contribution < -0.4 is 10.1 Å². The molecule has 1 amide bonds. The van der Waals surface area contributed by atoms with E-state index in [0.29, 0.717) is 42.0 Å². The molecule has 1 rings (SSSR count). The van der Waals surface area contributed by atoms with Crippen molar-refractivity contribution in [2.24, 2.45) is 5.92 Å². The molecule has 0 saturated heterocycles. The molecule has 2 atom stereocenters. The zero-order valence-electron chi connectivity index (χ0n) is 16.7. The van der Waals surface area contributed by atoms with Crippen LogP contribution in [0.15, 0.2) is 18.2 Å². The van der Waals surface area contributed by atoms with Crippen molar-refractivity contribution in [1.29, 1.82) is 0 Å². The number of methoxy groups -OCH3 is 1. The Bertz CT molecular complexity index is 579. The summed E-state index contributed by atoms with van der Waals surface area (Å²) in [6, 6.07) is 5.20. The fourth-order valence-corrected chi connectivity index (χ4v) is 2.97. The summed E-state index contributed by atoms with van der Waals surface area (Å²) >= 11 is 6.29. The second-order valence-electron chi connectivity index (χ2n) is 7.16. The van der Waals surface area contributed by atoms with E-state index in [9.17, 15) is 4.79 Å². The van der Waals surface area contributed by atoms with E-state index >= 15 is 0 Å².